The predicted octanol–water partition coefficient (Wildman–Crippen LogP) is 1.95. The molecule has 4 heteroatoms. The van der Waals surface area contributed by atoms with Gasteiger partial charge in [-0.3, -0.25) is 0 Å². The molecule has 0 fully saturated rings. The Bertz CT molecular complexity index is 238. The quantitative estimate of drug-likeness (QED) is 0.761. The molecule has 1 aromatic rings. The van der Waals surface area contributed by atoms with Gasteiger partial charge in [0.15, 0.2) is 0 Å². The largest absolute Gasteiger partial charge is 0.392 e. The fraction of sp³-hybridized carbons (Fsp3) is 0.700. The first-order valence-electron chi connectivity index (χ1n) is 5.05. The second kappa shape index (κ2) is 6.11. The molecule has 0 radical (unpaired) electrons. The number of aliphatic hydroxyl groups excluding tert-OH is 1. The fourth-order valence-electron chi connectivity index (χ4n) is 1.28. The maximum Gasteiger partial charge on any atom is 0.109 e. The highest BCUT2D eigenvalue weighted by Crippen LogP contribution is 2.14. The second-order valence-corrected chi connectivity index (χ2v) is 4.37. The van der Waals surface area contributed by atoms with Gasteiger partial charge in [0.1, 0.15) is 5.01 Å². The first-order valence-corrected chi connectivity index (χ1v) is 5.92. The minimum atomic E-state index is -0.234. The Morgan fingerprint density at radius 3 is 3.00 bits per heavy atom. The van der Waals surface area contributed by atoms with Gasteiger partial charge < -0.3 is 10.4 Å². The van der Waals surface area contributed by atoms with E-state index in [0.717, 1.165) is 17.8 Å². The molecule has 1 heterocycles. The summed E-state index contributed by atoms with van der Waals surface area (Å²) in [5, 5.41) is 15.8. The van der Waals surface area contributed by atoms with E-state index < -0.39 is 0 Å². The summed E-state index contributed by atoms with van der Waals surface area (Å²) >= 11 is 1.64. The molecule has 0 amide bonds. The van der Waals surface area contributed by atoms with Gasteiger partial charge in [-0.25, -0.2) is 4.98 Å². The summed E-state index contributed by atoms with van der Waals surface area (Å²) < 4.78 is 0. The molecule has 1 rings (SSSR count). The molecule has 0 saturated heterocycles. The topological polar surface area (TPSA) is 45.1 Å². The summed E-state index contributed by atoms with van der Waals surface area (Å²) in [7, 11) is 0. The molecule has 0 saturated carbocycles. The molecule has 2 atom stereocenters. The minimum Gasteiger partial charge on any atom is -0.392 e. The third-order valence-electron chi connectivity index (χ3n) is 2.10. The zero-order valence-electron chi connectivity index (χ0n) is 8.73. The minimum absolute atomic E-state index is 0.234. The number of rotatable bonds is 6. The molecular formula is C10H18N2OS. The van der Waals surface area contributed by atoms with E-state index in [9.17, 15) is 5.11 Å². The lowest BCUT2D eigenvalue weighted by molar-refractivity contribution is 0.157. The van der Waals surface area contributed by atoms with Gasteiger partial charge in [0.2, 0.25) is 0 Å². The Balaban J connectivity index is 2.24. The molecule has 2 unspecified atom stereocenters. The molecule has 80 valence electrons. The monoisotopic (exact) mass is 214 g/mol. The normalized spacial score (nSPS) is 15.4. The smallest absolute Gasteiger partial charge is 0.109 e. The van der Waals surface area contributed by atoms with Gasteiger partial charge in [-0.1, -0.05) is 13.3 Å². The first-order chi connectivity index (χ1) is 6.74. The average molecular weight is 214 g/mol. The van der Waals surface area contributed by atoms with Crippen molar-refractivity contribution in [2.24, 2.45) is 0 Å². The van der Waals surface area contributed by atoms with Crippen LogP contribution in [0.3, 0.4) is 0 Å². The molecule has 2 N–H and O–H groups in total. The molecule has 0 aliphatic rings. The van der Waals surface area contributed by atoms with Crippen molar-refractivity contribution >= 4 is 11.3 Å². The van der Waals surface area contributed by atoms with Crippen LogP contribution < -0.4 is 5.32 Å². The van der Waals surface area contributed by atoms with E-state index in [4.69, 9.17) is 0 Å². The Morgan fingerprint density at radius 2 is 2.43 bits per heavy atom. The molecule has 3 nitrogen and oxygen atoms in total. The van der Waals surface area contributed by atoms with Crippen LogP contribution in [0.5, 0.6) is 0 Å². The molecule has 1 aromatic heterocycles. The lowest BCUT2D eigenvalue weighted by Gasteiger charge is -2.14. The van der Waals surface area contributed by atoms with E-state index in [0.29, 0.717) is 6.54 Å². The van der Waals surface area contributed by atoms with E-state index in [1.165, 1.54) is 0 Å². The Morgan fingerprint density at radius 1 is 1.64 bits per heavy atom. The van der Waals surface area contributed by atoms with Crippen LogP contribution in [0.1, 0.15) is 37.7 Å². The average Bonchev–Trinajstić information content (AvgIpc) is 2.67. The van der Waals surface area contributed by atoms with E-state index in [2.05, 4.69) is 24.1 Å². The van der Waals surface area contributed by atoms with Crippen LogP contribution >= 0.6 is 11.3 Å². The zero-order valence-corrected chi connectivity index (χ0v) is 9.55. The number of thiazole rings is 1. The lowest BCUT2D eigenvalue weighted by Crippen LogP contribution is -2.28. The maximum absolute atomic E-state index is 9.52. The third kappa shape index (κ3) is 3.74. The lowest BCUT2D eigenvalue weighted by atomic mass is 10.2. The predicted molar refractivity (Wildman–Crippen MR) is 59.4 cm³/mol. The molecule has 14 heavy (non-hydrogen) atoms. The standard InChI is InChI=1S/C10H18N2OS/c1-3-4-9(13)7-12-8(2)10-11-5-6-14-10/h5-6,8-9,12-13H,3-4,7H2,1-2H3. The van der Waals surface area contributed by atoms with E-state index in [-0.39, 0.29) is 12.1 Å². The zero-order chi connectivity index (χ0) is 10.4. The summed E-state index contributed by atoms with van der Waals surface area (Å²) in [5.74, 6) is 0. The van der Waals surface area contributed by atoms with E-state index in [1.54, 1.807) is 17.5 Å². The van der Waals surface area contributed by atoms with Crippen LogP contribution in [0.25, 0.3) is 0 Å². The highest BCUT2D eigenvalue weighted by Gasteiger charge is 2.09. The Kier molecular flexibility index (Phi) is 5.07. The van der Waals surface area contributed by atoms with Gasteiger partial charge in [-0.05, 0) is 13.3 Å². The van der Waals surface area contributed by atoms with E-state index in [1.807, 2.05) is 5.38 Å². The third-order valence-corrected chi connectivity index (χ3v) is 3.06. The molecular weight excluding hydrogens is 196 g/mol. The first kappa shape index (κ1) is 11.6. The SMILES string of the molecule is CCCC(O)CNC(C)c1nccs1. The fourth-order valence-corrected chi connectivity index (χ4v) is 1.95. The maximum atomic E-state index is 9.52. The number of nitrogens with zero attached hydrogens (tertiary/aromatic N) is 1. The summed E-state index contributed by atoms with van der Waals surface area (Å²) in [4.78, 5) is 4.21. The molecule has 0 aliphatic carbocycles. The van der Waals surface area contributed by atoms with Crippen LogP contribution in [-0.2, 0) is 0 Å². The number of nitrogens with one attached hydrogen (secondary N) is 1. The molecule has 0 bridgehead atoms. The van der Waals surface area contributed by atoms with Crippen molar-refractivity contribution in [3.8, 4) is 0 Å². The number of aromatic nitrogens is 1. The van der Waals surface area contributed by atoms with Crippen LogP contribution in [0, 0.1) is 0 Å². The van der Waals surface area contributed by atoms with Crippen molar-refractivity contribution in [3.63, 3.8) is 0 Å². The van der Waals surface area contributed by atoms with Crippen molar-refractivity contribution in [2.45, 2.75) is 38.8 Å². The van der Waals surface area contributed by atoms with Crippen molar-refractivity contribution in [1.82, 2.24) is 10.3 Å². The molecule has 0 aromatic carbocycles. The van der Waals surface area contributed by atoms with Crippen molar-refractivity contribution < 1.29 is 5.11 Å². The summed E-state index contributed by atoms with van der Waals surface area (Å²) in [6.45, 7) is 4.79. The molecule has 0 aliphatic heterocycles. The van der Waals surface area contributed by atoms with Crippen LogP contribution in [0.15, 0.2) is 11.6 Å². The van der Waals surface area contributed by atoms with Crippen LogP contribution in [0.2, 0.25) is 0 Å². The highest BCUT2D eigenvalue weighted by atomic mass is 32.1. The van der Waals surface area contributed by atoms with Crippen molar-refractivity contribution in [2.75, 3.05) is 6.54 Å². The van der Waals surface area contributed by atoms with Gasteiger partial charge in [0.25, 0.3) is 0 Å². The summed E-state index contributed by atoms with van der Waals surface area (Å²) in [6.07, 6.45) is 3.45. The van der Waals surface area contributed by atoms with Crippen LogP contribution in [-0.4, -0.2) is 22.7 Å². The van der Waals surface area contributed by atoms with Gasteiger partial charge >= 0.3 is 0 Å². The van der Waals surface area contributed by atoms with Gasteiger partial charge in [-0.15, -0.1) is 11.3 Å². The van der Waals surface area contributed by atoms with Crippen LogP contribution in [0.4, 0.5) is 0 Å². The molecule has 0 spiro atoms. The van der Waals surface area contributed by atoms with E-state index >= 15 is 0 Å². The van der Waals surface area contributed by atoms with Gasteiger partial charge in [-0.2, -0.15) is 0 Å². The Hall–Kier alpha value is -0.450. The summed E-state index contributed by atoms with van der Waals surface area (Å²) in [5.41, 5.74) is 0. The number of hydrogen-bond acceptors (Lipinski definition) is 4. The van der Waals surface area contributed by atoms with Crippen molar-refractivity contribution in [3.05, 3.63) is 16.6 Å². The van der Waals surface area contributed by atoms with Crippen molar-refractivity contribution in [1.29, 1.82) is 0 Å². The second-order valence-electron chi connectivity index (χ2n) is 3.44. The van der Waals surface area contributed by atoms with Gasteiger partial charge in [0.05, 0.1) is 12.1 Å². The number of hydrogen-bond donors (Lipinski definition) is 2. The summed E-state index contributed by atoms with van der Waals surface area (Å²) in [6, 6.07) is 0.238. The van der Waals surface area contributed by atoms with Gasteiger partial charge in [0, 0.05) is 18.1 Å². The highest BCUT2D eigenvalue weighted by molar-refractivity contribution is 7.09. The Labute approximate surface area is 89.2 Å². The number of aliphatic hydroxyl groups is 1.